The molecule has 0 spiro atoms. The predicted molar refractivity (Wildman–Crippen MR) is 87.7 cm³/mol. The SMILES string of the molecule is COc1ccc(NCc2nc(C(C)(C)C)cs2)c(OC)c1. The van der Waals surface area contributed by atoms with Gasteiger partial charge in [-0.05, 0) is 12.1 Å². The van der Waals surface area contributed by atoms with Crippen molar-refractivity contribution in [3.8, 4) is 11.5 Å². The van der Waals surface area contributed by atoms with E-state index in [1.54, 1.807) is 25.6 Å². The van der Waals surface area contributed by atoms with Crippen LogP contribution in [0.5, 0.6) is 11.5 Å². The second kappa shape index (κ2) is 6.35. The molecule has 1 aromatic heterocycles. The highest BCUT2D eigenvalue weighted by Crippen LogP contribution is 2.30. The van der Waals surface area contributed by atoms with E-state index >= 15 is 0 Å². The molecule has 5 heteroatoms. The molecular weight excluding hydrogens is 284 g/mol. The maximum Gasteiger partial charge on any atom is 0.145 e. The molecule has 114 valence electrons. The number of nitrogens with one attached hydrogen (secondary N) is 1. The Balaban J connectivity index is 2.08. The normalized spacial score (nSPS) is 11.3. The number of hydrogen-bond acceptors (Lipinski definition) is 5. The largest absolute Gasteiger partial charge is 0.497 e. The lowest BCUT2D eigenvalue weighted by atomic mass is 9.93. The third-order valence-corrected chi connectivity index (χ3v) is 4.01. The highest BCUT2D eigenvalue weighted by atomic mass is 32.1. The van der Waals surface area contributed by atoms with Crippen molar-refractivity contribution in [2.75, 3.05) is 19.5 Å². The minimum atomic E-state index is 0.0898. The number of benzene rings is 1. The van der Waals surface area contributed by atoms with Crippen LogP contribution in [0.1, 0.15) is 31.5 Å². The van der Waals surface area contributed by atoms with Gasteiger partial charge in [-0.2, -0.15) is 0 Å². The minimum Gasteiger partial charge on any atom is -0.497 e. The molecule has 1 N–H and O–H groups in total. The van der Waals surface area contributed by atoms with Crippen molar-refractivity contribution < 1.29 is 9.47 Å². The van der Waals surface area contributed by atoms with Crippen molar-refractivity contribution in [1.29, 1.82) is 0 Å². The van der Waals surface area contributed by atoms with E-state index in [2.05, 4.69) is 36.5 Å². The van der Waals surface area contributed by atoms with Crippen LogP contribution in [0.15, 0.2) is 23.6 Å². The van der Waals surface area contributed by atoms with Crippen LogP contribution in [0.3, 0.4) is 0 Å². The zero-order chi connectivity index (χ0) is 15.5. The molecule has 0 unspecified atom stereocenters. The summed E-state index contributed by atoms with van der Waals surface area (Å²) in [6.07, 6.45) is 0. The first kappa shape index (κ1) is 15.6. The summed E-state index contributed by atoms with van der Waals surface area (Å²) in [6, 6.07) is 5.73. The molecule has 0 amide bonds. The van der Waals surface area contributed by atoms with Crippen molar-refractivity contribution in [1.82, 2.24) is 4.98 Å². The molecule has 0 aliphatic heterocycles. The number of rotatable bonds is 5. The Labute approximate surface area is 130 Å². The van der Waals surface area contributed by atoms with E-state index in [0.717, 1.165) is 27.9 Å². The van der Waals surface area contributed by atoms with E-state index in [9.17, 15) is 0 Å². The zero-order valence-electron chi connectivity index (χ0n) is 13.2. The second-order valence-corrected chi connectivity index (χ2v) is 6.74. The summed E-state index contributed by atoms with van der Waals surface area (Å²) < 4.78 is 10.6. The van der Waals surface area contributed by atoms with Crippen molar-refractivity contribution in [2.24, 2.45) is 0 Å². The third-order valence-electron chi connectivity index (χ3n) is 3.16. The first-order valence-corrected chi connectivity index (χ1v) is 7.73. The monoisotopic (exact) mass is 306 g/mol. The fourth-order valence-electron chi connectivity index (χ4n) is 1.85. The average Bonchev–Trinajstić information content (AvgIpc) is 2.94. The minimum absolute atomic E-state index is 0.0898. The molecule has 0 saturated carbocycles. The molecule has 0 aliphatic carbocycles. The van der Waals surface area contributed by atoms with Crippen molar-refractivity contribution >= 4 is 17.0 Å². The summed E-state index contributed by atoms with van der Waals surface area (Å²) in [5.74, 6) is 1.55. The molecule has 2 aromatic rings. The van der Waals surface area contributed by atoms with Crippen LogP contribution >= 0.6 is 11.3 Å². The van der Waals surface area contributed by atoms with Gasteiger partial charge in [0.2, 0.25) is 0 Å². The van der Waals surface area contributed by atoms with Gasteiger partial charge in [0.15, 0.2) is 0 Å². The summed E-state index contributed by atoms with van der Waals surface area (Å²) in [6.45, 7) is 7.20. The number of aromatic nitrogens is 1. The average molecular weight is 306 g/mol. The van der Waals surface area contributed by atoms with Gasteiger partial charge < -0.3 is 14.8 Å². The summed E-state index contributed by atoms with van der Waals surface area (Å²) in [4.78, 5) is 4.68. The van der Waals surface area contributed by atoms with E-state index in [0.29, 0.717) is 6.54 Å². The standard InChI is InChI=1S/C16H22N2O2S/c1-16(2,3)14-10-21-15(18-14)9-17-12-7-6-11(19-4)8-13(12)20-5/h6-8,10,17H,9H2,1-5H3. The maximum absolute atomic E-state index is 5.38. The van der Waals surface area contributed by atoms with Gasteiger partial charge in [0.25, 0.3) is 0 Å². The van der Waals surface area contributed by atoms with Crippen LogP contribution in [0.2, 0.25) is 0 Å². The number of methoxy groups -OCH3 is 2. The molecule has 0 radical (unpaired) electrons. The van der Waals surface area contributed by atoms with E-state index in [1.807, 2.05) is 18.2 Å². The Morgan fingerprint density at radius 3 is 2.52 bits per heavy atom. The topological polar surface area (TPSA) is 43.4 Å². The smallest absolute Gasteiger partial charge is 0.145 e. The number of anilines is 1. The molecule has 21 heavy (non-hydrogen) atoms. The second-order valence-electron chi connectivity index (χ2n) is 5.80. The van der Waals surface area contributed by atoms with Crippen LogP contribution in [-0.4, -0.2) is 19.2 Å². The van der Waals surface area contributed by atoms with Crippen LogP contribution in [0.4, 0.5) is 5.69 Å². The van der Waals surface area contributed by atoms with Crippen LogP contribution < -0.4 is 14.8 Å². The van der Waals surface area contributed by atoms with Gasteiger partial charge in [-0.1, -0.05) is 20.8 Å². The molecule has 0 aliphatic rings. The number of ether oxygens (including phenoxy) is 2. The Morgan fingerprint density at radius 1 is 1.19 bits per heavy atom. The van der Waals surface area contributed by atoms with Crippen LogP contribution in [0.25, 0.3) is 0 Å². The molecule has 1 aromatic carbocycles. The van der Waals surface area contributed by atoms with Crippen LogP contribution in [0, 0.1) is 0 Å². The Kier molecular flexibility index (Phi) is 4.73. The van der Waals surface area contributed by atoms with Gasteiger partial charge in [0.05, 0.1) is 32.1 Å². The summed E-state index contributed by atoms with van der Waals surface area (Å²) >= 11 is 1.68. The lowest BCUT2D eigenvalue weighted by molar-refractivity contribution is 0.395. The summed E-state index contributed by atoms with van der Waals surface area (Å²) in [5, 5.41) is 6.56. The highest BCUT2D eigenvalue weighted by molar-refractivity contribution is 7.09. The fraction of sp³-hybridized carbons (Fsp3) is 0.438. The lowest BCUT2D eigenvalue weighted by Gasteiger charge is -2.14. The van der Waals surface area contributed by atoms with Crippen molar-refractivity contribution in [2.45, 2.75) is 32.7 Å². The van der Waals surface area contributed by atoms with E-state index in [4.69, 9.17) is 9.47 Å². The lowest BCUT2D eigenvalue weighted by Crippen LogP contribution is -2.12. The molecular formula is C16H22N2O2S. The number of nitrogens with zero attached hydrogens (tertiary/aromatic N) is 1. The van der Waals surface area contributed by atoms with Gasteiger partial charge in [-0.25, -0.2) is 4.98 Å². The first-order valence-electron chi connectivity index (χ1n) is 6.85. The van der Waals surface area contributed by atoms with Gasteiger partial charge in [-0.3, -0.25) is 0 Å². The highest BCUT2D eigenvalue weighted by Gasteiger charge is 2.17. The first-order chi connectivity index (χ1) is 9.94. The van der Waals surface area contributed by atoms with Crippen molar-refractivity contribution in [3.05, 3.63) is 34.3 Å². The number of hydrogen-bond donors (Lipinski definition) is 1. The Morgan fingerprint density at radius 2 is 1.95 bits per heavy atom. The molecule has 0 saturated heterocycles. The van der Waals surface area contributed by atoms with E-state index in [-0.39, 0.29) is 5.41 Å². The maximum atomic E-state index is 5.38. The van der Waals surface area contributed by atoms with Gasteiger partial charge in [0, 0.05) is 16.9 Å². The van der Waals surface area contributed by atoms with E-state index in [1.165, 1.54) is 0 Å². The van der Waals surface area contributed by atoms with Crippen molar-refractivity contribution in [3.63, 3.8) is 0 Å². The molecule has 0 bridgehead atoms. The number of thiazole rings is 1. The van der Waals surface area contributed by atoms with Gasteiger partial charge in [-0.15, -0.1) is 11.3 Å². The summed E-state index contributed by atoms with van der Waals surface area (Å²) in [5.41, 5.74) is 2.16. The molecule has 1 heterocycles. The third kappa shape index (κ3) is 3.88. The van der Waals surface area contributed by atoms with E-state index < -0.39 is 0 Å². The fourth-order valence-corrected chi connectivity index (χ4v) is 2.81. The van der Waals surface area contributed by atoms with Gasteiger partial charge >= 0.3 is 0 Å². The molecule has 4 nitrogen and oxygen atoms in total. The summed E-state index contributed by atoms with van der Waals surface area (Å²) in [7, 11) is 3.30. The quantitative estimate of drug-likeness (QED) is 0.904. The Bertz CT molecular complexity index is 603. The zero-order valence-corrected chi connectivity index (χ0v) is 14.0. The predicted octanol–water partition coefficient (Wildman–Crippen LogP) is 4.07. The Hall–Kier alpha value is -1.75. The molecule has 0 fully saturated rings. The van der Waals surface area contributed by atoms with Crippen LogP contribution in [-0.2, 0) is 12.0 Å². The molecule has 2 rings (SSSR count). The molecule has 0 atom stereocenters. The van der Waals surface area contributed by atoms with Gasteiger partial charge in [0.1, 0.15) is 16.5 Å².